The van der Waals surface area contributed by atoms with E-state index >= 15 is 0 Å². The molecule has 1 aromatic rings. The molecule has 0 radical (unpaired) electrons. The average molecular weight is 164 g/mol. The lowest BCUT2D eigenvalue weighted by atomic mass is 10.2. The van der Waals surface area contributed by atoms with Gasteiger partial charge in [0.2, 0.25) is 0 Å². The summed E-state index contributed by atoms with van der Waals surface area (Å²) < 4.78 is 0. The number of nitrogens with one attached hydrogen (secondary N) is 1. The van der Waals surface area contributed by atoms with Crippen LogP contribution in [0.3, 0.4) is 0 Å². The Morgan fingerprint density at radius 1 is 1.42 bits per heavy atom. The van der Waals surface area contributed by atoms with Gasteiger partial charge in [0.15, 0.2) is 0 Å². The lowest BCUT2D eigenvalue weighted by molar-refractivity contribution is 0.688. The largest absolute Gasteiger partial charge is 0.384 e. The summed E-state index contributed by atoms with van der Waals surface area (Å²) in [5, 5.41) is 3.31. The van der Waals surface area contributed by atoms with Gasteiger partial charge in [-0.15, -0.1) is 0 Å². The Morgan fingerprint density at radius 3 is 2.67 bits per heavy atom. The molecule has 0 amide bonds. The monoisotopic (exact) mass is 164 g/mol. The van der Waals surface area contributed by atoms with Crippen molar-refractivity contribution in [2.24, 2.45) is 5.92 Å². The molecule has 0 aromatic carbocycles. The molecule has 0 atom stereocenters. The quantitative estimate of drug-likeness (QED) is 0.742. The SMILES string of the molecule is Cc1ccc(NCC(C)C)cn1. The van der Waals surface area contributed by atoms with E-state index in [0.29, 0.717) is 5.92 Å². The number of rotatable bonds is 3. The first kappa shape index (κ1) is 9.04. The van der Waals surface area contributed by atoms with E-state index in [2.05, 4.69) is 30.2 Å². The molecule has 0 unspecified atom stereocenters. The van der Waals surface area contributed by atoms with Crippen molar-refractivity contribution >= 4 is 5.69 Å². The average Bonchev–Trinajstić information content (AvgIpc) is 2.03. The molecule has 1 N–H and O–H groups in total. The Hall–Kier alpha value is -1.05. The Bertz CT molecular complexity index is 226. The van der Waals surface area contributed by atoms with Gasteiger partial charge in [-0.05, 0) is 25.0 Å². The van der Waals surface area contributed by atoms with Crippen LogP contribution in [0.15, 0.2) is 18.3 Å². The molecule has 2 heteroatoms. The minimum Gasteiger partial charge on any atom is -0.384 e. The van der Waals surface area contributed by atoms with Crippen LogP contribution in [-0.4, -0.2) is 11.5 Å². The fraction of sp³-hybridized carbons (Fsp3) is 0.500. The second-order valence-corrected chi connectivity index (χ2v) is 3.46. The third kappa shape index (κ3) is 2.91. The Balaban J connectivity index is 2.48. The third-order valence-corrected chi connectivity index (χ3v) is 1.63. The van der Waals surface area contributed by atoms with Crippen LogP contribution in [0.2, 0.25) is 0 Å². The summed E-state index contributed by atoms with van der Waals surface area (Å²) in [6, 6.07) is 4.08. The first-order valence-corrected chi connectivity index (χ1v) is 4.35. The predicted octanol–water partition coefficient (Wildman–Crippen LogP) is 2.46. The summed E-state index contributed by atoms with van der Waals surface area (Å²) in [5.74, 6) is 0.673. The van der Waals surface area contributed by atoms with Crippen LogP contribution in [0, 0.1) is 12.8 Å². The van der Waals surface area contributed by atoms with Gasteiger partial charge in [-0.1, -0.05) is 13.8 Å². The fourth-order valence-corrected chi connectivity index (χ4v) is 0.894. The minimum absolute atomic E-state index is 0.673. The number of pyridine rings is 1. The first-order chi connectivity index (χ1) is 5.68. The van der Waals surface area contributed by atoms with Gasteiger partial charge in [0, 0.05) is 12.2 Å². The van der Waals surface area contributed by atoms with Gasteiger partial charge in [0.25, 0.3) is 0 Å². The molecule has 0 aliphatic rings. The summed E-state index contributed by atoms with van der Waals surface area (Å²) in [6.07, 6.45) is 1.87. The number of aryl methyl sites for hydroxylation is 1. The number of anilines is 1. The van der Waals surface area contributed by atoms with Crippen LogP contribution in [-0.2, 0) is 0 Å². The van der Waals surface area contributed by atoms with Crippen LogP contribution in [0.25, 0.3) is 0 Å². The van der Waals surface area contributed by atoms with Gasteiger partial charge in [-0.3, -0.25) is 4.98 Å². The molecule has 1 heterocycles. The second-order valence-electron chi connectivity index (χ2n) is 3.46. The van der Waals surface area contributed by atoms with Gasteiger partial charge in [0.05, 0.1) is 11.9 Å². The molecule has 2 nitrogen and oxygen atoms in total. The highest BCUT2D eigenvalue weighted by molar-refractivity contribution is 5.40. The molecular weight excluding hydrogens is 148 g/mol. The zero-order valence-corrected chi connectivity index (χ0v) is 7.96. The number of nitrogens with zero attached hydrogens (tertiary/aromatic N) is 1. The highest BCUT2D eigenvalue weighted by Crippen LogP contribution is 2.05. The molecule has 0 fully saturated rings. The van der Waals surface area contributed by atoms with Crippen molar-refractivity contribution in [3.05, 3.63) is 24.0 Å². The van der Waals surface area contributed by atoms with Gasteiger partial charge in [-0.2, -0.15) is 0 Å². The first-order valence-electron chi connectivity index (χ1n) is 4.35. The Labute approximate surface area is 74.0 Å². The maximum Gasteiger partial charge on any atom is 0.0527 e. The molecule has 66 valence electrons. The molecule has 0 aliphatic heterocycles. The standard InChI is InChI=1S/C10H16N2/c1-8(2)6-12-10-5-4-9(3)11-7-10/h4-5,7-8,12H,6H2,1-3H3. The molecule has 0 bridgehead atoms. The zero-order valence-electron chi connectivity index (χ0n) is 7.96. The van der Waals surface area contributed by atoms with E-state index in [-0.39, 0.29) is 0 Å². The molecule has 1 aromatic heterocycles. The van der Waals surface area contributed by atoms with Crippen LogP contribution in [0.4, 0.5) is 5.69 Å². The van der Waals surface area contributed by atoms with E-state index in [4.69, 9.17) is 0 Å². The maximum absolute atomic E-state index is 4.19. The van der Waals surface area contributed by atoms with E-state index in [1.165, 1.54) is 0 Å². The van der Waals surface area contributed by atoms with Crippen molar-refractivity contribution in [3.63, 3.8) is 0 Å². The van der Waals surface area contributed by atoms with E-state index in [9.17, 15) is 0 Å². The van der Waals surface area contributed by atoms with E-state index in [0.717, 1.165) is 17.9 Å². The van der Waals surface area contributed by atoms with Crippen LogP contribution < -0.4 is 5.32 Å². The van der Waals surface area contributed by atoms with Gasteiger partial charge >= 0.3 is 0 Å². The van der Waals surface area contributed by atoms with Crippen LogP contribution in [0.1, 0.15) is 19.5 Å². The molecule has 0 spiro atoms. The molecule has 12 heavy (non-hydrogen) atoms. The molecular formula is C10H16N2. The van der Waals surface area contributed by atoms with Crippen molar-refractivity contribution in [2.45, 2.75) is 20.8 Å². The third-order valence-electron chi connectivity index (χ3n) is 1.63. The molecule has 0 saturated carbocycles. The number of aromatic nitrogens is 1. The highest BCUT2D eigenvalue weighted by atomic mass is 14.9. The predicted molar refractivity (Wildman–Crippen MR) is 52.3 cm³/mol. The summed E-state index contributed by atoms with van der Waals surface area (Å²) in [5.41, 5.74) is 2.17. The topological polar surface area (TPSA) is 24.9 Å². The van der Waals surface area contributed by atoms with E-state index in [1.807, 2.05) is 19.2 Å². The molecule has 0 aliphatic carbocycles. The van der Waals surface area contributed by atoms with Crippen molar-refractivity contribution in [1.29, 1.82) is 0 Å². The van der Waals surface area contributed by atoms with Crippen molar-refractivity contribution in [1.82, 2.24) is 4.98 Å². The molecule has 1 rings (SSSR count). The van der Waals surface area contributed by atoms with Gasteiger partial charge in [0.1, 0.15) is 0 Å². The zero-order chi connectivity index (χ0) is 8.97. The highest BCUT2D eigenvalue weighted by Gasteiger charge is 1.94. The van der Waals surface area contributed by atoms with Gasteiger partial charge < -0.3 is 5.32 Å². The van der Waals surface area contributed by atoms with E-state index in [1.54, 1.807) is 0 Å². The summed E-state index contributed by atoms with van der Waals surface area (Å²) in [6.45, 7) is 7.38. The molecule has 0 saturated heterocycles. The lowest BCUT2D eigenvalue weighted by Crippen LogP contribution is -2.07. The smallest absolute Gasteiger partial charge is 0.0527 e. The van der Waals surface area contributed by atoms with Gasteiger partial charge in [-0.25, -0.2) is 0 Å². The normalized spacial score (nSPS) is 10.3. The van der Waals surface area contributed by atoms with Crippen molar-refractivity contribution in [2.75, 3.05) is 11.9 Å². The van der Waals surface area contributed by atoms with Crippen molar-refractivity contribution in [3.8, 4) is 0 Å². The lowest BCUT2D eigenvalue weighted by Gasteiger charge is -2.07. The number of hydrogen-bond donors (Lipinski definition) is 1. The Morgan fingerprint density at radius 2 is 2.17 bits per heavy atom. The Kier molecular flexibility index (Phi) is 3.09. The fourth-order valence-electron chi connectivity index (χ4n) is 0.894. The minimum atomic E-state index is 0.673. The van der Waals surface area contributed by atoms with E-state index < -0.39 is 0 Å². The van der Waals surface area contributed by atoms with Crippen LogP contribution in [0.5, 0.6) is 0 Å². The summed E-state index contributed by atoms with van der Waals surface area (Å²) >= 11 is 0. The second kappa shape index (κ2) is 4.10. The summed E-state index contributed by atoms with van der Waals surface area (Å²) in [4.78, 5) is 4.19. The maximum atomic E-state index is 4.19. The van der Waals surface area contributed by atoms with Crippen LogP contribution >= 0.6 is 0 Å². The van der Waals surface area contributed by atoms with Crippen molar-refractivity contribution < 1.29 is 0 Å². The summed E-state index contributed by atoms with van der Waals surface area (Å²) in [7, 11) is 0. The number of hydrogen-bond acceptors (Lipinski definition) is 2.